The first kappa shape index (κ1) is 16.9. The highest BCUT2D eigenvalue weighted by Gasteiger charge is 2.75. The maximum atomic E-state index is 5.80. The van der Waals surface area contributed by atoms with Gasteiger partial charge in [0.25, 0.3) is 0 Å². The average molecular weight is 431 g/mol. The topological polar surface area (TPSA) is 6.48 Å². The smallest absolute Gasteiger partial charge is 0.143 e. The number of rotatable bonds is 0. The maximum Gasteiger partial charge on any atom is 0.234 e. The molecule has 0 aromatic carbocycles. The van der Waals surface area contributed by atoms with Crippen LogP contribution in [0.15, 0.2) is 0 Å². The first-order chi connectivity index (χ1) is 6.81. The van der Waals surface area contributed by atoms with E-state index >= 15 is 0 Å². The SMILES string of the molecule is ClN1C(Cl)(Cl)C(Cl)(Cl)N(Cl)C(Cl)(Cl)C1(Cl)Cl. The highest BCUT2D eigenvalue weighted by Crippen LogP contribution is 2.65. The predicted octanol–water partition coefficient (Wildman–Crippen LogP) is 5.44. The Morgan fingerprint density at radius 3 is 0.688 bits per heavy atom. The van der Waals surface area contributed by atoms with E-state index in [1.807, 2.05) is 0 Å². The van der Waals surface area contributed by atoms with Crippen molar-refractivity contribution < 1.29 is 0 Å². The lowest BCUT2D eigenvalue weighted by atomic mass is 10.4. The zero-order chi connectivity index (χ0) is 13.2. The number of hydrogen-bond donors (Lipinski definition) is 0. The van der Waals surface area contributed by atoms with Crippen molar-refractivity contribution in [2.75, 3.05) is 0 Å². The summed E-state index contributed by atoms with van der Waals surface area (Å²) in [6, 6.07) is 0. The van der Waals surface area contributed by atoms with E-state index in [2.05, 4.69) is 0 Å². The summed E-state index contributed by atoms with van der Waals surface area (Å²) in [5.74, 6) is 0. The number of hydrogen-bond acceptors (Lipinski definition) is 2. The van der Waals surface area contributed by atoms with Crippen LogP contribution >= 0.6 is 116 Å². The van der Waals surface area contributed by atoms with Gasteiger partial charge >= 0.3 is 0 Å². The fourth-order valence-electron chi connectivity index (χ4n) is 0.825. The van der Waals surface area contributed by atoms with Gasteiger partial charge in [-0.2, -0.15) is 0 Å². The minimum absolute atomic E-state index is 0.463. The van der Waals surface area contributed by atoms with Crippen LogP contribution in [0.2, 0.25) is 0 Å². The van der Waals surface area contributed by atoms with Crippen molar-refractivity contribution in [3.8, 4) is 0 Å². The highest BCUT2D eigenvalue weighted by atomic mass is 35.6. The molecule has 0 atom stereocenters. The van der Waals surface area contributed by atoms with Crippen LogP contribution in [-0.2, 0) is 0 Å². The van der Waals surface area contributed by atoms with Crippen molar-refractivity contribution in [2.45, 2.75) is 17.8 Å². The largest absolute Gasteiger partial charge is 0.234 e. The molecule has 16 heavy (non-hydrogen) atoms. The van der Waals surface area contributed by atoms with Gasteiger partial charge in [-0.15, -0.1) is 8.84 Å². The van der Waals surface area contributed by atoms with Gasteiger partial charge in [-0.3, -0.25) is 0 Å². The third-order valence-corrected chi connectivity index (χ3v) is 7.73. The molecule has 0 amide bonds. The summed E-state index contributed by atoms with van der Waals surface area (Å²) in [5.41, 5.74) is 0. The Hall–Kier alpha value is 2.82. The lowest BCUT2D eigenvalue weighted by molar-refractivity contribution is 0.104. The van der Waals surface area contributed by atoms with Crippen molar-refractivity contribution >= 4 is 116 Å². The standard InChI is InChI=1S/C4Cl10N2/c5-1(6)2(7,8)16(14)4(11,12)3(9,10)15(1)13. The quantitative estimate of drug-likeness (QED) is 0.287. The van der Waals surface area contributed by atoms with Crippen LogP contribution in [0.5, 0.6) is 0 Å². The molecule has 1 saturated heterocycles. The second-order valence-electron chi connectivity index (χ2n) is 2.73. The van der Waals surface area contributed by atoms with E-state index < -0.39 is 17.8 Å². The Morgan fingerprint density at radius 1 is 0.438 bits per heavy atom. The van der Waals surface area contributed by atoms with E-state index in [9.17, 15) is 0 Å². The lowest BCUT2D eigenvalue weighted by Gasteiger charge is -2.56. The molecule has 0 aromatic rings. The molecule has 0 unspecified atom stereocenters. The summed E-state index contributed by atoms with van der Waals surface area (Å²) in [4.78, 5) is 0. The predicted molar refractivity (Wildman–Crippen MR) is 73.1 cm³/mol. The molecule has 0 bridgehead atoms. The van der Waals surface area contributed by atoms with Crippen LogP contribution in [0, 0.1) is 0 Å². The molecular weight excluding hydrogens is 431 g/mol. The Labute approximate surface area is 142 Å². The minimum Gasteiger partial charge on any atom is -0.143 e. The van der Waals surface area contributed by atoms with E-state index in [0.717, 1.165) is 0 Å². The van der Waals surface area contributed by atoms with Crippen LogP contribution in [0.25, 0.3) is 0 Å². The Kier molecular flexibility index (Phi) is 4.94. The lowest BCUT2D eigenvalue weighted by Crippen LogP contribution is -2.73. The molecular formula is C4Cl10N2. The molecule has 2 nitrogen and oxygen atoms in total. The van der Waals surface area contributed by atoms with E-state index in [-0.39, 0.29) is 0 Å². The van der Waals surface area contributed by atoms with Crippen LogP contribution in [0.3, 0.4) is 0 Å². The Balaban J connectivity index is 3.39. The summed E-state index contributed by atoms with van der Waals surface area (Å²) >= 11 is 57.9. The second-order valence-corrected chi connectivity index (χ2v) is 8.55. The van der Waals surface area contributed by atoms with Crippen LogP contribution in [0.1, 0.15) is 0 Å². The Morgan fingerprint density at radius 2 is 0.562 bits per heavy atom. The summed E-state index contributed by atoms with van der Waals surface area (Å²) in [5, 5.41) is 0. The molecule has 1 aliphatic heterocycles. The molecule has 1 heterocycles. The molecule has 1 aliphatic rings. The zero-order valence-electron chi connectivity index (χ0n) is 6.67. The fourth-order valence-corrected chi connectivity index (χ4v) is 3.70. The molecule has 0 radical (unpaired) electrons. The number of nitrogens with zero attached hydrogens (tertiary/aromatic N) is 2. The van der Waals surface area contributed by atoms with E-state index in [1.54, 1.807) is 0 Å². The van der Waals surface area contributed by atoms with Gasteiger partial charge in [0, 0.05) is 0 Å². The van der Waals surface area contributed by atoms with Crippen LogP contribution < -0.4 is 0 Å². The van der Waals surface area contributed by atoms with Crippen molar-refractivity contribution in [1.82, 2.24) is 8.84 Å². The summed E-state index contributed by atoms with van der Waals surface area (Å²) in [6.45, 7) is 0. The van der Waals surface area contributed by atoms with Gasteiger partial charge in [-0.1, -0.05) is 92.8 Å². The number of piperazine rings is 1. The molecule has 0 N–H and O–H groups in total. The maximum absolute atomic E-state index is 5.80. The van der Waals surface area contributed by atoms with Crippen molar-refractivity contribution in [1.29, 1.82) is 0 Å². The first-order valence-electron chi connectivity index (χ1n) is 3.24. The summed E-state index contributed by atoms with van der Waals surface area (Å²) < 4.78 is -7.75. The molecule has 0 spiro atoms. The van der Waals surface area contributed by atoms with E-state index in [1.165, 1.54) is 0 Å². The van der Waals surface area contributed by atoms with E-state index in [4.69, 9.17) is 116 Å². The van der Waals surface area contributed by atoms with Crippen LogP contribution in [0.4, 0.5) is 0 Å². The van der Waals surface area contributed by atoms with Crippen molar-refractivity contribution in [2.24, 2.45) is 0 Å². The summed E-state index contributed by atoms with van der Waals surface area (Å²) in [6.07, 6.45) is 0. The molecule has 1 fully saturated rings. The van der Waals surface area contributed by atoms with Gasteiger partial charge in [0.1, 0.15) is 0 Å². The van der Waals surface area contributed by atoms with Crippen LogP contribution in [-0.4, -0.2) is 26.7 Å². The number of halogens is 10. The molecule has 0 saturated carbocycles. The molecule has 12 heteroatoms. The van der Waals surface area contributed by atoms with Gasteiger partial charge in [0.15, 0.2) is 0 Å². The third-order valence-electron chi connectivity index (χ3n) is 1.71. The first-order valence-corrected chi connectivity index (χ1v) is 6.94. The normalized spacial score (nSPS) is 32.6. The second kappa shape index (κ2) is 4.68. The van der Waals surface area contributed by atoms with Crippen molar-refractivity contribution in [3.63, 3.8) is 0 Å². The van der Waals surface area contributed by atoms with Gasteiger partial charge in [0.05, 0.1) is 0 Å². The van der Waals surface area contributed by atoms with Crippen molar-refractivity contribution in [3.05, 3.63) is 0 Å². The minimum atomic E-state index is -2.17. The monoisotopic (exact) mass is 426 g/mol. The molecule has 96 valence electrons. The Bertz CT molecular complexity index is 241. The van der Waals surface area contributed by atoms with Gasteiger partial charge < -0.3 is 0 Å². The number of alkyl halides is 8. The average Bonchev–Trinajstić information content (AvgIpc) is 2.13. The van der Waals surface area contributed by atoms with Gasteiger partial charge in [-0.25, -0.2) is 0 Å². The molecule has 0 aromatic heterocycles. The fraction of sp³-hybridized carbons (Fsp3) is 1.00. The van der Waals surface area contributed by atoms with E-state index in [0.29, 0.717) is 8.84 Å². The zero-order valence-corrected chi connectivity index (χ0v) is 14.2. The molecule has 0 aliphatic carbocycles. The van der Waals surface area contributed by atoms with Gasteiger partial charge in [-0.05, 0) is 23.6 Å². The summed E-state index contributed by atoms with van der Waals surface area (Å²) in [7, 11) is 0. The third kappa shape index (κ3) is 2.10. The molecule has 1 rings (SSSR count). The van der Waals surface area contributed by atoms with Gasteiger partial charge in [0.2, 0.25) is 17.8 Å². The highest BCUT2D eigenvalue weighted by molar-refractivity contribution is 6.70.